The molecule has 0 unspecified atom stereocenters. The highest BCUT2D eigenvalue weighted by molar-refractivity contribution is 9.10. The van der Waals surface area contributed by atoms with E-state index in [0.717, 1.165) is 16.8 Å². The van der Waals surface area contributed by atoms with Crippen molar-refractivity contribution in [3.05, 3.63) is 123 Å². The molecule has 3 aromatic carbocycles. The van der Waals surface area contributed by atoms with Crippen LogP contribution in [-0.2, 0) is 35.6 Å². The van der Waals surface area contributed by atoms with Gasteiger partial charge in [0.1, 0.15) is 18.5 Å². The van der Waals surface area contributed by atoms with E-state index in [0.29, 0.717) is 29.7 Å². The van der Waals surface area contributed by atoms with Gasteiger partial charge in [-0.25, -0.2) is 9.37 Å². The lowest BCUT2D eigenvalue weighted by Gasteiger charge is -2.36. The van der Waals surface area contributed by atoms with Crippen molar-refractivity contribution in [2.75, 3.05) is 0 Å². The largest absolute Gasteiger partial charge is 0.460 e. The Morgan fingerprint density at radius 3 is 2.33 bits per heavy atom. The van der Waals surface area contributed by atoms with E-state index in [1.165, 1.54) is 12.1 Å². The molecule has 0 radical (unpaired) electrons. The Kier molecular flexibility index (Phi) is 8.04. The number of imidazole rings is 1. The molecular formula is C31H29BrFN3O3. The van der Waals surface area contributed by atoms with Crippen LogP contribution in [0.2, 0.25) is 0 Å². The van der Waals surface area contributed by atoms with E-state index in [1.807, 2.05) is 84.0 Å². The Morgan fingerprint density at radius 2 is 1.69 bits per heavy atom. The first-order valence-electron chi connectivity index (χ1n) is 12.9. The Labute approximate surface area is 235 Å². The van der Waals surface area contributed by atoms with Gasteiger partial charge in [0.05, 0.1) is 11.3 Å². The van der Waals surface area contributed by atoms with Gasteiger partial charge in [0.2, 0.25) is 5.78 Å². The molecule has 5 rings (SSSR count). The highest BCUT2D eigenvalue weighted by atomic mass is 79.9. The maximum atomic E-state index is 14.8. The number of ether oxygens (including phenoxy) is 1. The Balaban J connectivity index is 1.52. The summed E-state index contributed by atoms with van der Waals surface area (Å²) >= 11 is 3.25. The normalized spacial score (nSPS) is 15.3. The zero-order valence-electron chi connectivity index (χ0n) is 21.8. The van der Waals surface area contributed by atoms with Gasteiger partial charge in [0, 0.05) is 35.7 Å². The molecule has 1 aliphatic rings. The molecule has 0 saturated heterocycles. The third-order valence-corrected chi connectivity index (χ3v) is 7.49. The summed E-state index contributed by atoms with van der Waals surface area (Å²) in [5.41, 5.74) is 3.34. The molecule has 0 fully saturated rings. The SMILES string of the molecule is CC(C)N1Cc2nc(C(=O)c3ccc(Br)cc3F)n(Cc3ccccc3)c2C[C@H]1C(=O)OCc1ccccc1. The molecule has 1 atom stereocenters. The summed E-state index contributed by atoms with van der Waals surface area (Å²) in [6, 6.07) is 23.2. The van der Waals surface area contributed by atoms with Gasteiger partial charge >= 0.3 is 5.97 Å². The van der Waals surface area contributed by atoms with Gasteiger partial charge in [-0.1, -0.05) is 76.6 Å². The van der Waals surface area contributed by atoms with Crippen LogP contribution in [-0.4, -0.2) is 38.3 Å². The van der Waals surface area contributed by atoms with Crippen molar-refractivity contribution < 1.29 is 18.7 Å². The fourth-order valence-corrected chi connectivity index (χ4v) is 5.30. The molecule has 39 heavy (non-hydrogen) atoms. The van der Waals surface area contributed by atoms with Crippen molar-refractivity contribution in [1.82, 2.24) is 14.5 Å². The average molecular weight is 590 g/mol. The second-order valence-electron chi connectivity index (χ2n) is 9.93. The van der Waals surface area contributed by atoms with Crippen molar-refractivity contribution in [2.24, 2.45) is 0 Å². The summed E-state index contributed by atoms with van der Waals surface area (Å²) in [5.74, 6) is -1.28. The molecule has 0 bridgehead atoms. The van der Waals surface area contributed by atoms with Gasteiger partial charge in [0.25, 0.3) is 0 Å². The van der Waals surface area contributed by atoms with Crippen LogP contribution in [0, 0.1) is 5.82 Å². The molecule has 0 N–H and O–H groups in total. The third-order valence-electron chi connectivity index (χ3n) is 7.00. The van der Waals surface area contributed by atoms with Crippen LogP contribution in [0.3, 0.4) is 0 Å². The predicted molar refractivity (Wildman–Crippen MR) is 150 cm³/mol. The number of rotatable bonds is 8. The summed E-state index contributed by atoms with van der Waals surface area (Å²) in [5, 5.41) is 0. The Hall–Kier alpha value is -3.62. The zero-order valence-corrected chi connectivity index (χ0v) is 23.4. The standard InChI is InChI=1S/C31H29BrFN3O3/c1-20(2)35-18-26-27(16-28(35)31(38)39-19-22-11-7-4-8-12-22)36(17-21-9-5-3-6-10-21)30(34-26)29(37)24-14-13-23(32)15-25(24)33/h3-15,20,28H,16-19H2,1-2H3/t28-/m0/s1. The van der Waals surface area contributed by atoms with Gasteiger partial charge in [-0.2, -0.15) is 0 Å². The third kappa shape index (κ3) is 5.87. The molecule has 0 spiro atoms. The molecule has 1 aliphatic heterocycles. The van der Waals surface area contributed by atoms with E-state index in [1.54, 1.807) is 6.07 Å². The number of fused-ring (bicyclic) bond motifs is 1. The van der Waals surface area contributed by atoms with Gasteiger partial charge in [-0.05, 0) is 43.2 Å². The van der Waals surface area contributed by atoms with Gasteiger partial charge in [0.15, 0.2) is 5.82 Å². The average Bonchev–Trinajstić information content (AvgIpc) is 3.29. The monoisotopic (exact) mass is 589 g/mol. The predicted octanol–water partition coefficient (Wildman–Crippen LogP) is 5.94. The lowest BCUT2D eigenvalue weighted by molar-refractivity contribution is -0.153. The fraction of sp³-hybridized carbons (Fsp3) is 0.258. The highest BCUT2D eigenvalue weighted by Gasteiger charge is 2.38. The number of aromatic nitrogens is 2. The Morgan fingerprint density at radius 1 is 1.03 bits per heavy atom. The molecule has 0 aliphatic carbocycles. The van der Waals surface area contributed by atoms with E-state index >= 15 is 0 Å². The molecule has 2 heterocycles. The lowest BCUT2D eigenvalue weighted by atomic mass is 10.00. The molecule has 4 aromatic rings. The number of hydrogen-bond donors (Lipinski definition) is 0. The van der Waals surface area contributed by atoms with Crippen molar-refractivity contribution in [3.63, 3.8) is 0 Å². The van der Waals surface area contributed by atoms with Crippen LogP contribution in [0.5, 0.6) is 0 Å². The first-order valence-corrected chi connectivity index (χ1v) is 13.7. The number of hydrogen-bond acceptors (Lipinski definition) is 5. The van der Waals surface area contributed by atoms with Crippen LogP contribution >= 0.6 is 15.9 Å². The first-order chi connectivity index (χ1) is 18.8. The number of halogens is 2. The number of carbonyl (C=O) groups excluding carboxylic acids is 2. The van der Waals surface area contributed by atoms with Gasteiger partial charge < -0.3 is 9.30 Å². The number of carbonyl (C=O) groups is 2. The van der Waals surface area contributed by atoms with E-state index in [-0.39, 0.29) is 30.0 Å². The first kappa shape index (κ1) is 27.0. The van der Waals surface area contributed by atoms with Crippen LogP contribution in [0.4, 0.5) is 4.39 Å². The maximum absolute atomic E-state index is 14.8. The second kappa shape index (κ2) is 11.6. The van der Waals surface area contributed by atoms with Crippen LogP contribution in [0.1, 0.15) is 52.5 Å². The topological polar surface area (TPSA) is 64.4 Å². The van der Waals surface area contributed by atoms with Crippen molar-refractivity contribution in [3.8, 4) is 0 Å². The molecule has 6 nitrogen and oxygen atoms in total. The quantitative estimate of drug-likeness (QED) is 0.188. The molecular weight excluding hydrogens is 561 g/mol. The van der Waals surface area contributed by atoms with Crippen LogP contribution in [0.25, 0.3) is 0 Å². The molecule has 1 aromatic heterocycles. The minimum Gasteiger partial charge on any atom is -0.460 e. The molecule has 0 saturated carbocycles. The summed E-state index contributed by atoms with van der Waals surface area (Å²) in [7, 11) is 0. The van der Waals surface area contributed by atoms with Crippen LogP contribution in [0.15, 0.2) is 83.3 Å². The van der Waals surface area contributed by atoms with E-state index in [9.17, 15) is 14.0 Å². The summed E-state index contributed by atoms with van der Waals surface area (Å²) in [6.07, 6.45) is 0.330. The van der Waals surface area contributed by atoms with Crippen molar-refractivity contribution >= 4 is 27.7 Å². The molecule has 200 valence electrons. The lowest BCUT2D eigenvalue weighted by Crippen LogP contribution is -2.49. The zero-order chi connectivity index (χ0) is 27.5. The van der Waals surface area contributed by atoms with Crippen molar-refractivity contribution in [1.29, 1.82) is 0 Å². The van der Waals surface area contributed by atoms with Gasteiger partial charge in [-0.15, -0.1) is 0 Å². The minimum atomic E-state index is -0.618. The van der Waals surface area contributed by atoms with E-state index in [4.69, 9.17) is 9.72 Å². The smallest absolute Gasteiger partial charge is 0.324 e. The summed E-state index contributed by atoms with van der Waals surface area (Å²) in [6.45, 7) is 4.98. The highest BCUT2D eigenvalue weighted by Crippen LogP contribution is 2.29. The van der Waals surface area contributed by atoms with Crippen LogP contribution < -0.4 is 0 Å². The number of benzene rings is 3. The maximum Gasteiger partial charge on any atom is 0.324 e. The second-order valence-corrected chi connectivity index (χ2v) is 10.8. The van der Waals surface area contributed by atoms with E-state index < -0.39 is 17.6 Å². The Bertz CT molecular complexity index is 1490. The number of ketones is 1. The summed E-state index contributed by atoms with van der Waals surface area (Å²) in [4.78, 5) is 33.8. The van der Waals surface area contributed by atoms with E-state index in [2.05, 4.69) is 15.9 Å². The van der Waals surface area contributed by atoms with Crippen molar-refractivity contribution in [2.45, 2.75) is 52.0 Å². The van der Waals surface area contributed by atoms with Gasteiger partial charge in [-0.3, -0.25) is 14.5 Å². The fourth-order valence-electron chi connectivity index (χ4n) is 4.96. The number of nitrogens with zero attached hydrogens (tertiary/aromatic N) is 3. The molecule has 0 amide bonds. The number of esters is 1. The summed E-state index contributed by atoms with van der Waals surface area (Å²) < 4.78 is 23.0. The minimum absolute atomic E-state index is 0.0368. The molecule has 8 heteroatoms.